The maximum Gasteiger partial charge on any atom is 0.260 e. The van der Waals surface area contributed by atoms with Crippen molar-refractivity contribution < 1.29 is 9.53 Å². The van der Waals surface area contributed by atoms with Gasteiger partial charge in [0.25, 0.3) is 5.91 Å². The molecule has 98 valence electrons. The van der Waals surface area contributed by atoms with Crippen LogP contribution in [0, 0.1) is 11.3 Å². The highest BCUT2D eigenvalue weighted by Crippen LogP contribution is 2.16. The first-order valence-electron chi connectivity index (χ1n) is 5.86. The third kappa shape index (κ3) is 4.72. The number of hydrogen-bond donors (Lipinski definition) is 0. The molecule has 0 radical (unpaired) electrons. The molecule has 0 aliphatic heterocycles. The number of hydrogen-bond acceptors (Lipinski definition) is 4. The summed E-state index contributed by atoms with van der Waals surface area (Å²) >= 11 is 0. The van der Waals surface area contributed by atoms with Crippen molar-refractivity contribution >= 4 is 17.2 Å². The van der Waals surface area contributed by atoms with E-state index in [0.717, 1.165) is 5.56 Å². The van der Waals surface area contributed by atoms with Crippen LogP contribution in [0.5, 0.6) is 0 Å². The molecule has 5 heteroatoms. The van der Waals surface area contributed by atoms with Gasteiger partial charge in [-0.1, -0.05) is 0 Å². The minimum Gasteiger partial charge on any atom is -0.501 e. The lowest BCUT2D eigenvalue weighted by Gasteiger charge is -2.07. The van der Waals surface area contributed by atoms with E-state index in [-0.39, 0.29) is 6.42 Å². The highest BCUT2D eigenvalue weighted by atomic mass is 16.5. The summed E-state index contributed by atoms with van der Waals surface area (Å²) in [5, 5.41) is 8.46. The Hall–Kier alpha value is -2.48. The number of amides is 1. The molecule has 1 heterocycles. The van der Waals surface area contributed by atoms with E-state index in [4.69, 9.17) is 10.00 Å². The smallest absolute Gasteiger partial charge is 0.260 e. The van der Waals surface area contributed by atoms with Crippen molar-refractivity contribution in [1.29, 1.82) is 5.26 Å². The van der Waals surface area contributed by atoms with E-state index in [9.17, 15) is 4.79 Å². The average Bonchev–Trinajstić information content (AvgIpc) is 2.40. The van der Waals surface area contributed by atoms with E-state index in [1.807, 2.05) is 6.92 Å². The van der Waals surface area contributed by atoms with E-state index < -0.39 is 5.91 Å². The van der Waals surface area contributed by atoms with Gasteiger partial charge >= 0.3 is 0 Å². The van der Waals surface area contributed by atoms with Crippen molar-refractivity contribution in [3.05, 3.63) is 36.4 Å². The van der Waals surface area contributed by atoms with Gasteiger partial charge in [0, 0.05) is 18.0 Å². The fraction of sp³-hybridized carbons (Fsp3) is 0.286. The first-order chi connectivity index (χ1) is 9.19. The molecule has 0 unspecified atom stereocenters. The summed E-state index contributed by atoms with van der Waals surface area (Å²) in [5.41, 5.74) is 2.07. The molecule has 0 atom stereocenters. The van der Waals surface area contributed by atoms with Gasteiger partial charge in [-0.2, -0.15) is 5.26 Å². The van der Waals surface area contributed by atoms with Gasteiger partial charge in [0.1, 0.15) is 6.42 Å². The lowest BCUT2D eigenvalue weighted by atomic mass is 10.0. The molecule has 0 aromatic carbocycles. The highest BCUT2D eigenvalue weighted by molar-refractivity contribution is 6.24. The fourth-order valence-corrected chi connectivity index (χ4v) is 1.41. The summed E-state index contributed by atoms with van der Waals surface area (Å²) < 4.78 is 5.27. The molecule has 0 aliphatic rings. The molecule has 19 heavy (non-hydrogen) atoms. The molecule has 0 fully saturated rings. The predicted molar refractivity (Wildman–Crippen MR) is 72.2 cm³/mol. The van der Waals surface area contributed by atoms with Gasteiger partial charge in [-0.3, -0.25) is 9.78 Å². The Kier molecular flexibility index (Phi) is 5.96. The summed E-state index contributed by atoms with van der Waals surface area (Å²) in [7, 11) is 0. The Bertz CT molecular complexity index is 527. The van der Waals surface area contributed by atoms with Crippen molar-refractivity contribution in [2.24, 2.45) is 4.99 Å². The SMILES string of the molecule is CCO/C=C(/C(C)=NC(=O)CC#N)c1ccncc1. The number of carbonyl (C=O) groups is 1. The molecule has 0 saturated heterocycles. The van der Waals surface area contributed by atoms with Crippen LogP contribution in [0.25, 0.3) is 5.57 Å². The van der Waals surface area contributed by atoms with Gasteiger partial charge in [0.05, 0.1) is 24.6 Å². The molecule has 0 saturated carbocycles. The molecule has 1 aromatic rings. The highest BCUT2D eigenvalue weighted by Gasteiger charge is 2.08. The molecular weight excluding hydrogens is 242 g/mol. The number of nitriles is 1. The Morgan fingerprint density at radius 2 is 2.21 bits per heavy atom. The number of aliphatic imine (C=N–C) groups is 1. The summed E-state index contributed by atoms with van der Waals surface area (Å²) in [5.74, 6) is -0.462. The Balaban J connectivity index is 3.06. The largest absolute Gasteiger partial charge is 0.501 e. The maximum absolute atomic E-state index is 11.4. The van der Waals surface area contributed by atoms with Crippen LogP contribution in [-0.2, 0) is 9.53 Å². The summed E-state index contributed by atoms with van der Waals surface area (Å²) in [4.78, 5) is 19.2. The van der Waals surface area contributed by atoms with Crippen LogP contribution in [-0.4, -0.2) is 23.2 Å². The van der Waals surface area contributed by atoms with Gasteiger partial charge in [-0.25, -0.2) is 4.99 Å². The number of nitrogens with zero attached hydrogens (tertiary/aromatic N) is 3. The van der Waals surface area contributed by atoms with E-state index >= 15 is 0 Å². The third-order valence-corrected chi connectivity index (χ3v) is 2.27. The first-order valence-corrected chi connectivity index (χ1v) is 5.86. The normalized spacial score (nSPS) is 11.8. The van der Waals surface area contributed by atoms with Gasteiger partial charge in [-0.15, -0.1) is 0 Å². The second-order valence-corrected chi connectivity index (χ2v) is 3.65. The molecule has 5 nitrogen and oxygen atoms in total. The van der Waals surface area contributed by atoms with Gasteiger partial charge in [0.2, 0.25) is 0 Å². The monoisotopic (exact) mass is 257 g/mol. The summed E-state index contributed by atoms with van der Waals surface area (Å²) in [6, 6.07) is 5.39. The summed E-state index contributed by atoms with van der Waals surface area (Å²) in [6.07, 6.45) is 4.64. The lowest BCUT2D eigenvalue weighted by molar-refractivity contribution is -0.116. The predicted octanol–water partition coefficient (Wildman–Crippen LogP) is 2.36. The van der Waals surface area contributed by atoms with E-state index in [2.05, 4.69) is 9.98 Å². The molecule has 1 amide bonds. The zero-order valence-corrected chi connectivity index (χ0v) is 11.0. The van der Waals surface area contributed by atoms with Crippen molar-refractivity contribution in [3.8, 4) is 6.07 Å². The Labute approximate surface area is 112 Å². The van der Waals surface area contributed by atoms with Gasteiger partial charge in [0.15, 0.2) is 0 Å². The minimum atomic E-state index is -0.462. The fourth-order valence-electron chi connectivity index (χ4n) is 1.41. The zero-order valence-electron chi connectivity index (χ0n) is 11.0. The van der Waals surface area contributed by atoms with E-state index in [1.54, 1.807) is 43.8 Å². The van der Waals surface area contributed by atoms with Crippen molar-refractivity contribution in [2.75, 3.05) is 6.61 Å². The molecule has 0 aliphatic carbocycles. The van der Waals surface area contributed by atoms with Crippen molar-refractivity contribution in [3.63, 3.8) is 0 Å². The number of pyridine rings is 1. The second kappa shape index (κ2) is 7.77. The van der Waals surface area contributed by atoms with Gasteiger partial charge < -0.3 is 4.74 Å². The summed E-state index contributed by atoms with van der Waals surface area (Å²) in [6.45, 7) is 4.10. The first kappa shape index (κ1) is 14.6. The minimum absolute atomic E-state index is 0.227. The Morgan fingerprint density at radius 3 is 2.79 bits per heavy atom. The molecular formula is C14H15N3O2. The molecule has 1 rings (SSSR count). The average molecular weight is 257 g/mol. The quantitative estimate of drug-likeness (QED) is 0.599. The molecule has 0 bridgehead atoms. The number of allylic oxidation sites excluding steroid dienone is 1. The van der Waals surface area contributed by atoms with Crippen LogP contribution in [0.15, 0.2) is 35.8 Å². The van der Waals surface area contributed by atoms with Crippen LogP contribution in [0.3, 0.4) is 0 Å². The third-order valence-electron chi connectivity index (χ3n) is 2.27. The number of ether oxygens (including phenoxy) is 1. The van der Waals surface area contributed by atoms with Crippen LogP contribution < -0.4 is 0 Å². The molecule has 1 aromatic heterocycles. The standard InChI is InChI=1S/C14H15N3O2/c1-3-19-10-13(12-5-8-16-9-6-12)11(2)17-14(18)4-7-15/h5-6,8-10H,3-4H2,1-2H3/b13-10-,17-11?. The van der Waals surface area contributed by atoms with Crippen LogP contribution in [0.2, 0.25) is 0 Å². The van der Waals surface area contributed by atoms with Gasteiger partial charge in [-0.05, 0) is 31.5 Å². The van der Waals surface area contributed by atoms with E-state index in [0.29, 0.717) is 17.9 Å². The van der Waals surface area contributed by atoms with E-state index in [1.165, 1.54) is 0 Å². The molecule has 0 spiro atoms. The zero-order chi connectivity index (χ0) is 14.1. The number of rotatable bonds is 5. The van der Waals surface area contributed by atoms with Crippen molar-refractivity contribution in [1.82, 2.24) is 4.98 Å². The molecule has 0 N–H and O–H groups in total. The topological polar surface area (TPSA) is 75.3 Å². The van der Waals surface area contributed by atoms with Crippen molar-refractivity contribution in [2.45, 2.75) is 20.3 Å². The van der Waals surface area contributed by atoms with Crippen LogP contribution in [0.4, 0.5) is 0 Å². The second-order valence-electron chi connectivity index (χ2n) is 3.65. The van der Waals surface area contributed by atoms with Crippen LogP contribution >= 0.6 is 0 Å². The maximum atomic E-state index is 11.4. The number of carbonyl (C=O) groups excluding carboxylic acids is 1. The lowest BCUT2D eigenvalue weighted by Crippen LogP contribution is -2.03. The van der Waals surface area contributed by atoms with Crippen LogP contribution in [0.1, 0.15) is 25.8 Å². The number of aromatic nitrogens is 1. The Morgan fingerprint density at radius 1 is 1.53 bits per heavy atom.